The van der Waals surface area contributed by atoms with Crippen LogP contribution in [-0.4, -0.2) is 24.2 Å². The molecule has 0 aromatic carbocycles. The predicted octanol–water partition coefficient (Wildman–Crippen LogP) is -0.416. The van der Waals surface area contributed by atoms with Crippen LogP contribution in [0.5, 0.6) is 0 Å². The molecule has 0 bridgehead atoms. The third-order valence-corrected chi connectivity index (χ3v) is 1.25. The molecule has 1 amide bonds. The Labute approximate surface area is 69.2 Å². The maximum Gasteiger partial charge on any atom is 0.287 e. The van der Waals surface area contributed by atoms with Gasteiger partial charge in [0.1, 0.15) is 0 Å². The summed E-state index contributed by atoms with van der Waals surface area (Å²) in [5.41, 5.74) is 5.25. The van der Waals surface area contributed by atoms with Gasteiger partial charge >= 0.3 is 0 Å². The van der Waals surface area contributed by atoms with Crippen LogP contribution in [0.25, 0.3) is 0 Å². The summed E-state index contributed by atoms with van der Waals surface area (Å²) in [7, 11) is 0. The van der Waals surface area contributed by atoms with E-state index in [2.05, 4.69) is 5.32 Å². The van der Waals surface area contributed by atoms with E-state index >= 15 is 0 Å². The molecule has 1 aromatic rings. The van der Waals surface area contributed by atoms with E-state index < -0.39 is 0 Å². The maximum absolute atomic E-state index is 11.0. The van der Waals surface area contributed by atoms with Crippen molar-refractivity contribution in [2.24, 2.45) is 0 Å². The number of anilines is 1. The molecule has 66 valence electrons. The number of carbonyl (C=O) groups excluding carboxylic acids is 1. The minimum absolute atomic E-state index is 0.0953. The smallest absolute Gasteiger partial charge is 0.287 e. The van der Waals surface area contributed by atoms with E-state index in [1.165, 1.54) is 12.1 Å². The fourth-order valence-electron chi connectivity index (χ4n) is 0.731. The largest absolute Gasteiger partial charge is 0.436 e. The number of nitrogens with one attached hydrogen (secondary N) is 1. The van der Waals surface area contributed by atoms with Crippen molar-refractivity contribution >= 4 is 11.8 Å². The molecular formula is C7H10N2O3. The average Bonchev–Trinajstić information content (AvgIpc) is 2.47. The highest BCUT2D eigenvalue weighted by Gasteiger charge is 2.08. The van der Waals surface area contributed by atoms with Gasteiger partial charge in [0, 0.05) is 12.6 Å². The molecule has 0 spiro atoms. The van der Waals surface area contributed by atoms with E-state index in [1.54, 1.807) is 0 Å². The molecule has 0 aliphatic rings. The Balaban J connectivity index is 2.53. The van der Waals surface area contributed by atoms with Crippen LogP contribution in [0, 0.1) is 0 Å². The molecular weight excluding hydrogens is 160 g/mol. The normalized spacial score (nSPS) is 9.75. The number of aliphatic hydroxyl groups excluding tert-OH is 1. The molecule has 0 aliphatic carbocycles. The van der Waals surface area contributed by atoms with Crippen LogP contribution in [-0.2, 0) is 0 Å². The maximum atomic E-state index is 11.0. The van der Waals surface area contributed by atoms with Crippen molar-refractivity contribution in [1.82, 2.24) is 5.32 Å². The first-order valence-electron chi connectivity index (χ1n) is 3.48. The molecule has 1 aromatic heterocycles. The van der Waals surface area contributed by atoms with Crippen LogP contribution < -0.4 is 11.1 Å². The SMILES string of the molecule is Nc1ccc(C(=O)NCCO)o1. The second-order valence-electron chi connectivity index (χ2n) is 2.18. The van der Waals surface area contributed by atoms with E-state index in [1.807, 2.05) is 0 Å². The van der Waals surface area contributed by atoms with Gasteiger partial charge in [-0.1, -0.05) is 0 Å². The van der Waals surface area contributed by atoms with Crippen molar-refractivity contribution in [3.63, 3.8) is 0 Å². The number of carbonyl (C=O) groups is 1. The lowest BCUT2D eigenvalue weighted by Crippen LogP contribution is -2.25. The number of nitrogen functional groups attached to an aromatic ring is 1. The fourth-order valence-corrected chi connectivity index (χ4v) is 0.731. The van der Waals surface area contributed by atoms with Gasteiger partial charge in [-0.3, -0.25) is 4.79 Å². The summed E-state index contributed by atoms with van der Waals surface area (Å²) < 4.78 is 4.83. The van der Waals surface area contributed by atoms with E-state index in [9.17, 15) is 4.79 Å². The van der Waals surface area contributed by atoms with Gasteiger partial charge in [0.05, 0.1) is 6.61 Å². The fraction of sp³-hybridized carbons (Fsp3) is 0.286. The molecule has 1 rings (SSSR count). The number of rotatable bonds is 3. The molecule has 0 saturated heterocycles. The molecule has 0 saturated carbocycles. The minimum Gasteiger partial charge on any atom is -0.436 e. The molecule has 0 radical (unpaired) electrons. The zero-order valence-corrected chi connectivity index (χ0v) is 6.41. The lowest BCUT2D eigenvalue weighted by Gasteiger charge is -1.98. The number of hydrogen-bond donors (Lipinski definition) is 3. The van der Waals surface area contributed by atoms with Crippen molar-refractivity contribution in [2.45, 2.75) is 0 Å². The van der Waals surface area contributed by atoms with Gasteiger partial charge in [0.2, 0.25) is 0 Å². The molecule has 12 heavy (non-hydrogen) atoms. The van der Waals surface area contributed by atoms with E-state index in [4.69, 9.17) is 15.3 Å². The first kappa shape index (κ1) is 8.61. The van der Waals surface area contributed by atoms with Crippen LogP contribution in [0.4, 0.5) is 5.88 Å². The molecule has 0 aliphatic heterocycles. The lowest BCUT2D eigenvalue weighted by atomic mass is 10.4. The topological polar surface area (TPSA) is 88.5 Å². The summed E-state index contributed by atoms with van der Waals surface area (Å²) in [5, 5.41) is 10.8. The van der Waals surface area contributed by atoms with Crippen LogP contribution in [0.1, 0.15) is 10.6 Å². The summed E-state index contributed by atoms with van der Waals surface area (Å²) in [6, 6.07) is 2.97. The van der Waals surface area contributed by atoms with Gasteiger partial charge in [-0.05, 0) is 6.07 Å². The third kappa shape index (κ3) is 2.00. The van der Waals surface area contributed by atoms with Gasteiger partial charge in [0.25, 0.3) is 5.91 Å². The Hall–Kier alpha value is -1.49. The number of amides is 1. The Bertz CT molecular complexity index is 269. The summed E-state index contributed by atoms with van der Waals surface area (Å²) >= 11 is 0. The van der Waals surface area contributed by atoms with E-state index in [0.29, 0.717) is 0 Å². The van der Waals surface area contributed by atoms with Gasteiger partial charge in [0.15, 0.2) is 11.6 Å². The Morgan fingerprint density at radius 1 is 1.67 bits per heavy atom. The van der Waals surface area contributed by atoms with Crippen LogP contribution in [0.3, 0.4) is 0 Å². The quantitative estimate of drug-likeness (QED) is 0.575. The Morgan fingerprint density at radius 3 is 2.92 bits per heavy atom. The highest BCUT2D eigenvalue weighted by atomic mass is 16.4. The second-order valence-corrected chi connectivity index (χ2v) is 2.18. The molecule has 1 heterocycles. The minimum atomic E-state index is -0.374. The first-order chi connectivity index (χ1) is 5.74. The third-order valence-electron chi connectivity index (χ3n) is 1.25. The second kappa shape index (κ2) is 3.77. The summed E-state index contributed by atoms with van der Waals surface area (Å²) in [6.45, 7) is 0.112. The van der Waals surface area contributed by atoms with Gasteiger partial charge in [-0.2, -0.15) is 0 Å². The van der Waals surface area contributed by atoms with E-state index in [-0.39, 0.29) is 30.7 Å². The lowest BCUT2D eigenvalue weighted by molar-refractivity contribution is 0.0918. The Kier molecular flexibility index (Phi) is 2.71. The van der Waals surface area contributed by atoms with Crippen molar-refractivity contribution in [2.75, 3.05) is 18.9 Å². The summed E-state index contributed by atoms with van der Waals surface area (Å²) in [5.74, 6) is -0.0224. The highest BCUT2D eigenvalue weighted by Crippen LogP contribution is 2.08. The number of furan rings is 1. The molecule has 0 unspecified atom stereocenters. The van der Waals surface area contributed by atoms with Gasteiger partial charge in [-0.15, -0.1) is 0 Å². The standard InChI is InChI=1S/C7H10N2O3/c8-6-2-1-5(12-6)7(11)9-3-4-10/h1-2,10H,3-4,8H2,(H,9,11). The number of nitrogens with two attached hydrogens (primary N) is 1. The Morgan fingerprint density at radius 2 is 2.42 bits per heavy atom. The van der Waals surface area contributed by atoms with Crippen molar-refractivity contribution in [1.29, 1.82) is 0 Å². The molecule has 4 N–H and O–H groups in total. The summed E-state index contributed by atoms with van der Waals surface area (Å²) in [4.78, 5) is 11.0. The predicted molar refractivity (Wildman–Crippen MR) is 42.5 cm³/mol. The molecule has 0 atom stereocenters. The molecule has 0 fully saturated rings. The highest BCUT2D eigenvalue weighted by molar-refractivity contribution is 5.91. The molecule has 5 heteroatoms. The zero-order valence-electron chi connectivity index (χ0n) is 6.41. The van der Waals surface area contributed by atoms with Gasteiger partial charge in [-0.25, -0.2) is 0 Å². The molecule has 5 nitrogen and oxygen atoms in total. The number of aliphatic hydroxyl groups is 1. The zero-order chi connectivity index (χ0) is 8.97. The monoisotopic (exact) mass is 170 g/mol. The van der Waals surface area contributed by atoms with Crippen LogP contribution in [0.15, 0.2) is 16.5 Å². The van der Waals surface area contributed by atoms with Crippen molar-refractivity contribution in [3.05, 3.63) is 17.9 Å². The van der Waals surface area contributed by atoms with Crippen LogP contribution in [0.2, 0.25) is 0 Å². The number of hydrogen-bond acceptors (Lipinski definition) is 4. The van der Waals surface area contributed by atoms with Gasteiger partial charge < -0.3 is 20.6 Å². The van der Waals surface area contributed by atoms with Crippen LogP contribution >= 0.6 is 0 Å². The van der Waals surface area contributed by atoms with E-state index in [0.717, 1.165) is 0 Å². The van der Waals surface area contributed by atoms with Crippen molar-refractivity contribution in [3.8, 4) is 0 Å². The first-order valence-corrected chi connectivity index (χ1v) is 3.48. The van der Waals surface area contributed by atoms with Crippen molar-refractivity contribution < 1.29 is 14.3 Å². The summed E-state index contributed by atoms with van der Waals surface area (Å²) in [6.07, 6.45) is 0. The average molecular weight is 170 g/mol.